The topological polar surface area (TPSA) is 29.5 Å². The van der Waals surface area contributed by atoms with Crippen LogP contribution in [0.3, 0.4) is 0 Å². The van der Waals surface area contributed by atoms with Crippen LogP contribution >= 0.6 is 22.9 Å². The Labute approximate surface area is 132 Å². The minimum atomic E-state index is -0.530. The van der Waals surface area contributed by atoms with Crippen molar-refractivity contribution in [3.63, 3.8) is 0 Å². The van der Waals surface area contributed by atoms with Crippen molar-refractivity contribution in [2.24, 2.45) is 0 Å². The van der Waals surface area contributed by atoms with Gasteiger partial charge in [0.2, 0.25) is 0 Å². The lowest BCUT2D eigenvalue weighted by Crippen LogP contribution is -1.97. The third-order valence-electron chi connectivity index (χ3n) is 3.38. The standard InChI is InChI=1S/C17H15ClO2S/c1-11(19)12-6-7-16(15(18)8-12)20-9-13-10-21-17-5-3-2-4-14(13)17/h2-8,10-11,19H,9H2,1H3/t11-/m1/s1. The van der Waals surface area contributed by atoms with Crippen molar-refractivity contribution in [1.29, 1.82) is 0 Å². The monoisotopic (exact) mass is 318 g/mol. The number of benzene rings is 2. The number of hydrogen-bond acceptors (Lipinski definition) is 3. The lowest BCUT2D eigenvalue weighted by atomic mass is 10.1. The molecule has 0 amide bonds. The lowest BCUT2D eigenvalue weighted by molar-refractivity contribution is 0.199. The van der Waals surface area contributed by atoms with Crippen molar-refractivity contribution in [2.45, 2.75) is 19.6 Å². The molecule has 0 unspecified atom stereocenters. The third-order valence-corrected chi connectivity index (χ3v) is 4.69. The maximum absolute atomic E-state index is 9.54. The molecule has 0 aliphatic heterocycles. The Morgan fingerprint density at radius 1 is 1.24 bits per heavy atom. The summed E-state index contributed by atoms with van der Waals surface area (Å²) in [6, 6.07) is 13.7. The zero-order chi connectivity index (χ0) is 14.8. The van der Waals surface area contributed by atoms with Crippen molar-refractivity contribution < 1.29 is 9.84 Å². The van der Waals surface area contributed by atoms with E-state index in [-0.39, 0.29) is 0 Å². The second kappa shape index (κ2) is 6.06. The summed E-state index contributed by atoms with van der Waals surface area (Å²) in [5, 5.41) is 13.4. The number of aliphatic hydroxyl groups is 1. The number of rotatable bonds is 4. The predicted molar refractivity (Wildman–Crippen MR) is 88.2 cm³/mol. The number of ether oxygens (including phenoxy) is 1. The van der Waals surface area contributed by atoms with Crippen LogP contribution in [0.4, 0.5) is 0 Å². The van der Waals surface area contributed by atoms with Gasteiger partial charge in [-0.05, 0) is 41.5 Å². The normalized spacial score (nSPS) is 12.5. The van der Waals surface area contributed by atoms with Crippen LogP contribution in [-0.2, 0) is 6.61 Å². The van der Waals surface area contributed by atoms with Gasteiger partial charge < -0.3 is 9.84 Å². The summed E-state index contributed by atoms with van der Waals surface area (Å²) in [4.78, 5) is 0. The predicted octanol–water partition coefficient (Wildman–Crippen LogP) is 5.19. The highest BCUT2D eigenvalue weighted by molar-refractivity contribution is 7.17. The molecule has 0 aliphatic rings. The molecule has 0 fully saturated rings. The first kappa shape index (κ1) is 14.4. The fourth-order valence-electron chi connectivity index (χ4n) is 2.19. The Morgan fingerprint density at radius 3 is 2.81 bits per heavy atom. The molecule has 4 heteroatoms. The van der Waals surface area contributed by atoms with E-state index >= 15 is 0 Å². The van der Waals surface area contributed by atoms with Gasteiger partial charge in [0.05, 0.1) is 11.1 Å². The van der Waals surface area contributed by atoms with Gasteiger partial charge in [-0.1, -0.05) is 35.9 Å². The molecule has 2 nitrogen and oxygen atoms in total. The molecule has 3 rings (SSSR count). The van der Waals surface area contributed by atoms with Crippen molar-refractivity contribution >= 4 is 33.0 Å². The van der Waals surface area contributed by atoms with E-state index in [0.29, 0.717) is 17.4 Å². The molecule has 2 aromatic carbocycles. The summed E-state index contributed by atoms with van der Waals surface area (Å²) in [5.41, 5.74) is 1.94. The fraction of sp³-hybridized carbons (Fsp3) is 0.176. The van der Waals surface area contributed by atoms with Gasteiger partial charge in [-0.25, -0.2) is 0 Å². The van der Waals surface area contributed by atoms with Crippen molar-refractivity contribution in [2.75, 3.05) is 0 Å². The average Bonchev–Trinajstić information content (AvgIpc) is 2.89. The summed E-state index contributed by atoms with van der Waals surface area (Å²) < 4.78 is 7.07. The fourth-order valence-corrected chi connectivity index (χ4v) is 3.39. The minimum Gasteiger partial charge on any atom is -0.487 e. The molecule has 0 saturated carbocycles. The van der Waals surface area contributed by atoms with Crippen LogP contribution in [0.5, 0.6) is 5.75 Å². The van der Waals surface area contributed by atoms with Crippen LogP contribution in [0.2, 0.25) is 5.02 Å². The van der Waals surface area contributed by atoms with Crippen LogP contribution in [0.1, 0.15) is 24.2 Å². The number of fused-ring (bicyclic) bond motifs is 1. The van der Waals surface area contributed by atoms with Gasteiger partial charge in [-0.3, -0.25) is 0 Å². The molecule has 21 heavy (non-hydrogen) atoms. The molecule has 1 aromatic heterocycles. The van der Waals surface area contributed by atoms with E-state index < -0.39 is 6.10 Å². The first-order chi connectivity index (χ1) is 10.1. The molecule has 0 radical (unpaired) electrons. The van der Waals surface area contributed by atoms with Gasteiger partial charge in [0.1, 0.15) is 12.4 Å². The van der Waals surface area contributed by atoms with Gasteiger partial charge in [0.25, 0.3) is 0 Å². The van der Waals surface area contributed by atoms with E-state index in [9.17, 15) is 5.11 Å². The quantitative estimate of drug-likeness (QED) is 0.717. The van der Waals surface area contributed by atoms with Gasteiger partial charge in [0.15, 0.2) is 0 Å². The molecule has 108 valence electrons. The zero-order valence-electron chi connectivity index (χ0n) is 11.5. The molecule has 0 bridgehead atoms. The van der Waals surface area contributed by atoms with E-state index in [4.69, 9.17) is 16.3 Å². The molecule has 0 aliphatic carbocycles. The second-order valence-corrected chi connectivity index (χ2v) is 6.23. The van der Waals surface area contributed by atoms with E-state index in [0.717, 1.165) is 11.1 Å². The van der Waals surface area contributed by atoms with Gasteiger partial charge in [-0.15, -0.1) is 11.3 Å². The first-order valence-electron chi connectivity index (χ1n) is 6.70. The molecule has 0 saturated heterocycles. The Balaban J connectivity index is 1.79. The maximum atomic E-state index is 9.54. The van der Waals surface area contributed by atoms with E-state index in [1.54, 1.807) is 30.4 Å². The van der Waals surface area contributed by atoms with Crippen LogP contribution in [0.15, 0.2) is 47.8 Å². The molecule has 1 N–H and O–H groups in total. The van der Waals surface area contributed by atoms with Gasteiger partial charge >= 0.3 is 0 Å². The molecular weight excluding hydrogens is 304 g/mol. The van der Waals surface area contributed by atoms with E-state index in [1.807, 2.05) is 18.2 Å². The summed E-state index contributed by atoms with van der Waals surface area (Å²) >= 11 is 7.91. The average molecular weight is 319 g/mol. The lowest BCUT2D eigenvalue weighted by Gasteiger charge is -2.10. The van der Waals surface area contributed by atoms with E-state index in [1.165, 1.54) is 10.1 Å². The second-order valence-electron chi connectivity index (χ2n) is 4.91. The van der Waals surface area contributed by atoms with Crippen molar-refractivity contribution in [3.05, 3.63) is 64.0 Å². The SMILES string of the molecule is C[C@@H](O)c1ccc(OCc2csc3ccccc23)c(Cl)c1. The Hall–Kier alpha value is -1.55. The van der Waals surface area contributed by atoms with Crippen molar-refractivity contribution in [3.8, 4) is 5.75 Å². The summed E-state index contributed by atoms with van der Waals surface area (Å²) in [7, 11) is 0. The zero-order valence-corrected chi connectivity index (χ0v) is 13.1. The summed E-state index contributed by atoms with van der Waals surface area (Å²) in [6.07, 6.45) is -0.530. The summed E-state index contributed by atoms with van der Waals surface area (Å²) in [6.45, 7) is 2.20. The third kappa shape index (κ3) is 3.05. The minimum absolute atomic E-state index is 0.484. The molecular formula is C17H15ClO2S. The number of aliphatic hydroxyl groups excluding tert-OH is 1. The Kier molecular flexibility index (Phi) is 4.15. The van der Waals surface area contributed by atoms with Crippen molar-refractivity contribution in [1.82, 2.24) is 0 Å². The Morgan fingerprint density at radius 2 is 2.05 bits per heavy atom. The van der Waals surface area contributed by atoms with E-state index in [2.05, 4.69) is 17.5 Å². The Bertz CT molecular complexity index is 764. The molecule has 3 aromatic rings. The highest BCUT2D eigenvalue weighted by atomic mass is 35.5. The number of halogens is 1. The van der Waals surface area contributed by atoms with Crippen LogP contribution in [0.25, 0.3) is 10.1 Å². The number of hydrogen-bond donors (Lipinski definition) is 1. The highest BCUT2D eigenvalue weighted by Gasteiger charge is 2.08. The van der Waals surface area contributed by atoms with Gasteiger partial charge in [0, 0.05) is 10.3 Å². The smallest absolute Gasteiger partial charge is 0.138 e. The van der Waals surface area contributed by atoms with Crippen LogP contribution < -0.4 is 4.74 Å². The van der Waals surface area contributed by atoms with Gasteiger partial charge in [-0.2, -0.15) is 0 Å². The molecule has 0 spiro atoms. The van der Waals surface area contributed by atoms with Crippen LogP contribution in [-0.4, -0.2) is 5.11 Å². The summed E-state index contributed by atoms with van der Waals surface area (Å²) in [5.74, 6) is 0.636. The largest absolute Gasteiger partial charge is 0.487 e. The van der Waals surface area contributed by atoms with Crippen LogP contribution in [0, 0.1) is 0 Å². The number of thiophene rings is 1. The first-order valence-corrected chi connectivity index (χ1v) is 7.96. The molecule has 1 heterocycles. The molecule has 1 atom stereocenters. The highest BCUT2D eigenvalue weighted by Crippen LogP contribution is 2.30. The maximum Gasteiger partial charge on any atom is 0.138 e.